The summed E-state index contributed by atoms with van der Waals surface area (Å²) in [6.45, 7) is 0. The number of aromatic nitrogens is 1. The zero-order valence-corrected chi connectivity index (χ0v) is 6.19. The highest BCUT2D eigenvalue weighted by Gasteiger charge is 1.99. The molecule has 54 valence electrons. The lowest BCUT2D eigenvalue weighted by molar-refractivity contribution is 0.630. The molecule has 0 atom stereocenters. The number of rotatable bonds is 0. The van der Waals surface area contributed by atoms with Crippen LogP contribution in [0, 0.1) is 5.82 Å². The largest absolute Gasteiger partial charge is 0.362 e. The summed E-state index contributed by atoms with van der Waals surface area (Å²) in [4.78, 5) is 3.05. The number of fused-ring (bicyclic) bond motifs is 1. The molecule has 1 aromatic carbocycles. The van der Waals surface area contributed by atoms with Crippen molar-refractivity contribution in [2.45, 2.75) is 0 Å². The first kappa shape index (κ1) is 6.46. The van der Waals surface area contributed by atoms with Crippen molar-refractivity contribution < 1.29 is 4.39 Å². The van der Waals surface area contributed by atoms with Gasteiger partial charge in [-0.25, -0.2) is 4.39 Å². The van der Waals surface area contributed by atoms with Crippen molar-refractivity contribution in [3.63, 3.8) is 0 Å². The Balaban J connectivity index is 2.91. The van der Waals surface area contributed by atoms with Crippen molar-refractivity contribution in [1.29, 1.82) is 0 Å². The third kappa shape index (κ3) is 0.927. The van der Waals surface area contributed by atoms with Crippen LogP contribution in [0.3, 0.4) is 0 Å². The van der Waals surface area contributed by atoms with E-state index in [0.717, 1.165) is 16.4 Å². The molecule has 0 aliphatic rings. The quantitative estimate of drug-likeness (QED) is 0.524. The van der Waals surface area contributed by atoms with E-state index < -0.39 is 0 Å². The van der Waals surface area contributed by atoms with Crippen molar-refractivity contribution in [2.75, 3.05) is 0 Å². The number of benzene rings is 1. The summed E-state index contributed by atoms with van der Waals surface area (Å²) in [5.74, 6) is -0.172. The van der Waals surface area contributed by atoms with Crippen molar-refractivity contribution in [3.8, 4) is 0 Å². The Morgan fingerprint density at radius 1 is 1.36 bits per heavy atom. The maximum atomic E-state index is 12.8. The summed E-state index contributed by atoms with van der Waals surface area (Å²) < 4.78 is 12.8. The zero-order chi connectivity index (χ0) is 7.84. The second-order valence-electron chi connectivity index (χ2n) is 2.66. The van der Waals surface area contributed by atoms with E-state index in [0.29, 0.717) is 0 Å². The molecule has 1 nitrogen and oxygen atoms in total. The van der Waals surface area contributed by atoms with Crippen LogP contribution in [0.25, 0.3) is 10.9 Å². The molecule has 0 spiro atoms. The van der Waals surface area contributed by atoms with Gasteiger partial charge in [-0.05, 0) is 18.2 Å². The first-order valence-electron chi connectivity index (χ1n) is 3.50. The molecule has 0 saturated heterocycles. The summed E-state index contributed by atoms with van der Waals surface area (Å²) in [5.41, 5.74) is 1.97. The maximum Gasteiger partial charge on any atom is 0.142 e. The van der Waals surface area contributed by atoms with Gasteiger partial charge >= 0.3 is 0 Å². The van der Waals surface area contributed by atoms with Crippen molar-refractivity contribution >= 4 is 24.2 Å². The Kier molecular flexibility index (Phi) is 1.25. The molecule has 0 radical (unpaired) electrons. The molecule has 0 amide bonds. The molecular weight excluding hydrogens is 140 g/mol. The zero-order valence-electron chi connectivity index (χ0n) is 6.19. The van der Waals surface area contributed by atoms with Gasteiger partial charge in [0, 0.05) is 17.1 Å². The van der Waals surface area contributed by atoms with Crippen LogP contribution in [0.4, 0.5) is 4.39 Å². The highest BCUT2D eigenvalue weighted by molar-refractivity contribution is 6.38. The van der Waals surface area contributed by atoms with Crippen molar-refractivity contribution in [2.24, 2.45) is 0 Å². The Bertz CT molecular complexity index is 394. The minimum atomic E-state index is -0.172. The molecule has 0 saturated carbocycles. The Morgan fingerprint density at radius 3 is 3.00 bits per heavy atom. The van der Waals surface area contributed by atoms with Crippen LogP contribution in [0.2, 0.25) is 0 Å². The molecule has 11 heavy (non-hydrogen) atoms. The van der Waals surface area contributed by atoms with Crippen molar-refractivity contribution in [3.05, 3.63) is 30.2 Å². The average Bonchev–Trinajstić information content (AvgIpc) is 2.34. The van der Waals surface area contributed by atoms with Crippen LogP contribution in [-0.4, -0.2) is 12.8 Å². The number of hydrogen-bond acceptors (Lipinski definition) is 0. The lowest BCUT2D eigenvalue weighted by Crippen LogP contribution is -2.04. The minimum Gasteiger partial charge on any atom is -0.362 e. The standard InChI is InChI=1S/C8H7BFN/c9-7-4-6(10)3-5-1-2-11-8(5)7/h1-4,11H,9H2. The van der Waals surface area contributed by atoms with Gasteiger partial charge in [0.2, 0.25) is 0 Å². The molecule has 0 aliphatic heterocycles. The summed E-state index contributed by atoms with van der Waals surface area (Å²) in [5, 5.41) is 0.933. The summed E-state index contributed by atoms with van der Waals surface area (Å²) in [6.07, 6.45) is 1.82. The van der Waals surface area contributed by atoms with Crippen LogP contribution < -0.4 is 5.46 Å². The fourth-order valence-electron chi connectivity index (χ4n) is 1.31. The fourth-order valence-corrected chi connectivity index (χ4v) is 1.31. The Labute approximate surface area is 64.6 Å². The van der Waals surface area contributed by atoms with E-state index in [9.17, 15) is 4.39 Å². The number of hydrogen-bond donors (Lipinski definition) is 1. The van der Waals surface area contributed by atoms with E-state index in [1.165, 1.54) is 12.1 Å². The van der Waals surface area contributed by atoms with E-state index in [1.807, 2.05) is 20.1 Å². The number of nitrogens with one attached hydrogen (secondary N) is 1. The second kappa shape index (κ2) is 2.12. The molecule has 0 aliphatic carbocycles. The molecule has 1 aromatic heterocycles. The normalized spacial score (nSPS) is 10.6. The van der Waals surface area contributed by atoms with Gasteiger partial charge in [-0.3, -0.25) is 0 Å². The van der Waals surface area contributed by atoms with E-state index in [1.54, 1.807) is 0 Å². The molecule has 0 fully saturated rings. The van der Waals surface area contributed by atoms with E-state index in [4.69, 9.17) is 0 Å². The number of aromatic amines is 1. The van der Waals surface area contributed by atoms with Gasteiger partial charge in [-0.15, -0.1) is 0 Å². The lowest BCUT2D eigenvalue weighted by Gasteiger charge is -1.95. The van der Waals surface area contributed by atoms with Gasteiger partial charge in [-0.1, -0.05) is 5.46 Å². The molecule has 1 heterocycles. The number of halogens is 1. The van der Waals surface area contributed by atoms with Crippen LogP contribution in [0.15, 0.2) is 24.4 Å². The third-order valence-corrected chi connectivity index (χ3v) is 1.82. The summed E-state index contributed by atoms with van der Waals surface area (Å²) in [6, 6.07) is 4.92. The van der Waals surface area contributed by atoms with E-state index in [2.05, 4.69) is 4.98 Å². The van der Waals surface area contributed by atoms with Gasteiger partial charge in [-0.2, -0.15) is 0 Å². The van der Waals surface area contributed by atoms with Crippen LogP contribution in [0.1, 0.15) is 0 Å². The monoisotopic (exact) mass is 147 g/mol. The summed E-state index contributed by atoms with van der Waals surface area (Å²) >= 11 is 0. The van der Waals surface area contributed by atoms with Crippen molar-refractivity contribution in [1.82, 2.24) is 4.98 Å². The maximum absolute atomic E-state index is 12.8. The highest BCUT2D eigenvalue weighted by Crippen LogP contribution is 2.10. The van der Waals surface area contributed by atoms with E-state index in [-0.39, 0.29) is 5.82 Å². The molecule has 0 bridgehead atoms. The molecule has 2 aromatic rings. The van der Waals surface area contributed by atoms with Gasteiger partial charge in [0.05, 0.1) is 0 Å². The smallest absolute Gasteiger partial charge is 0.142 e. The average molecular weight is 147 g/mol. The molecule has 1 N–H and O–H groups in total. The SMILES string of the molecule is Bc1cc(F)cc2cc[nH]c12. The molecule has 2 rings (SSSR count). The fraction of sp³-hybridized carbons (Fsp3) is 0. The minimum absolute atomic E-state index is 0.172. The lowest BCUT2D eigenvalue weighted by atomic mass is 9.94. The van der Waals surface area contributed by atoms with Crippen LogP contribution >= 0.6 is 0 Å². The second-order valence-corrected chi connectivity index (χ2v) is 2.66. The van der Waals surface area contributed by atoms with Crippen LogP contribution in [-0.2, 0) is 0 Å². The van der Waals surface area contributed by atoms with Gasteiger partial charge in [0.25, 0.3) is 0 Å². The summed E-state index contributed by atoms with van der Waals surface area (Å²) in [7, 11) is 1.89. The van der Waals surface area contributed by atoms with Gasteiger partial charge < -0.3 is 4.98 Å². The topological polar surface area (TPSA) is 15.8 Å². The van der Waals surface area contributed by atoms with Crippen LogP contribution in [0.5, 0.6) is 0 Å². The molecular formula is C8H7BFN. The predicted molar refractivity (Wildman–Crippen MR) is 46.4 cm³/mol. The molecule has 3 heteroatoms. The van der Waals surface area contributed by atoms with Gasteiger partial charge in [0.15, 0.2) is 0 Å². The van der Waals surface area contributed by atoms with E-state index >= 15 is 0 Å². The Hall–Kier alpha value is -1.25. The predicted octanol–water partition coefficient (Wildman–Crippen LogP) is 0.565. The molecule has 0 unspecified atom stereocenters. The van der Waals surface area contributed by atoms with Gasteiger partial charge in [0.1, 0.15) is 13.7 Å². The first-order chi connectivity index (χ1) is 5.27. The third-order valence-electron chi connectivity index (χ3n) is 1.82. The first-order valence-corrected chi connectivity index (χ1v) is 3.50. The number of H-pyrrole nitrogens is 1. The Morgan fingerprint density at radius 2 is 2.18 bits per heavy atom. The highest BCUT2D eigenvalue weighted by atomic mass is 19.1.